The minimum atomic E-state index is -0.406. The Morgan fingerprint density at radius 3 is 1.21 bits per heavy atom. The molecule has 0 aliphatic heterocycles. The number of hydrogen-bond donors (Lipinski definition) is 0. The maximum Gasteiger partial charge on any atom is 0.161 e. The van der Waals surface area contributed by atoms with Gasteiger partial charge in [0.05, 0.1) is 43.5 Å². The molecular weight excluding hydrogens is 456 g/mol. The van der Waals surface area contributed by atoms with E-state index in [1.54, 1.807) is 0 Å². The summed E-state index contributed by atoms with van der Waals surface area (Å²) in [6.45, 7) is 16.6. The predicted octanol–water partition coefficient (Wildman–Crippen LogP) is 4.74. The molecule has 0 atom stereocenters. The fourth-order valence-electron chi connectivity index (χ4n) is 3.93. The molecule has 0 fully saturated rings. The number of unbranched alkanes of at least 4 members (excludes halogenated alkanes) is 1. The quantitative estimate of drug-likeness (QED) is 0.260. The molecule has 34 heavy (non-hydrogen) atoms. The standard InChI is InChI=1S/C28H46O4Si2/c1-19(2)29-23-13-11-15-25(27(23)31-21(5)6)33-17-9-10-18-34-26-16-12-14-24(30-20(3)4)28(26)32-22(7)8/h11-16,19-22H,9-10,17-18,33-34H2,1-8H3. The summed E-state index contributed by atoms with van der Waals surface area (Å²) in [6, 6.07) is 15.4. The molecule has 0 amide bonds. The normalized spacial score (nSPS) is 12.2. The summed E-state index contributed by atoms with van der Waals surface area (Å²) in [5.41, 5.74) is 0. The maximum atomic E-state index is 6.19. The second-order valence-electron chi connectivity index (χ2n) is 10.1. The zero-order valence-electron chi connectivity index (χ0n) is 22.6. The van der Waals surface area contributed by atoms with Crippen molar-refractivity contribution in [2.75, 3.05) is 0 Å². The molecule has 0 saturated carbocycles. The number of ether oxygens (including phenoxy) is 4. The van der Waals surface area contributed by atoms with E-state index in [9.17, 15) is 0 Å². The van der Waals surface area contributed by atoms with E-state index in [1.165, 1.54) is 35.3 Å². The van der Waals surface area contributed by atoms with E-state index in [-0.39, 0.29) is 24.4 Å². The van der Waals surface area contributed by atoms with Crippen LogP contribution in [0.15, 0.2) is 36.4 Å². The smallest absolute Gasteiger partial charge is 0.161 e. The van der Waals surface area contributed by atoms with Crippen LogP contribution in [0, 0.1) is 0 Å². The van der Waals surface area contributed by atoms with E-state index in [1.807, 2.05) is 12.1 Å². The van der Waals surface area contributed by atoms with Crippen molar-refractivity contribution >= 4 is 29.4 Å². The maximum absolute atomic E-state index is 6.19. The first-order valence-electron chi connectivity index (χ1n) is 13.1. The van der Waals surface area contributed by atoms with Crippen LogP contribution in [0.5, 0.6) is 23.0 Å². The zero-order valence-corrected chi connectivity index (χ0v) is 25.5. The predicted molar refractivity (Wildman–Crippen MR) is 151 cm³/mol. The monoisotopic (exact) mass is 502 g/mol. The van der Waals surface area contributed by atoms with Crippen molar-refractivity contribution < 1.29 is 18.9 Å². The summed E-state index contributed by atoms with van der Waals surface area (Å²) in [6.07, 6.45) is 3.13. The van der Waals surface area contributed by atoms with Crippen molar-refractivity contribution in [2.45, 2.75) is 105 Å². The van der Waals surface area contributed by atoms with Gasteiger partial charge in [-0.1, -0.05) is 49.2 Å². The zero-order chi connectivity index (χ0) is 25.1. The van der Waals surface area contributed by atoms with Crippen LogP contribution in [0.25, 0.3) is 0 Å². The molecule has 0 unspecified atom stereocenters. The van der Waals surface area contributed by atoms with Crippen molar-refractivity contribution in [3.8, 4) is 23.0 Å². The lowest BCUT2D eigenvalue weighted by molar-refractivity contribution is 0.200. The number of benzene rings is 2. The third-order valence-corrected chi connectivity index (χ3v) is 9.09. The number of para-hydroxylation sites is 2. The van der Waals surface area contributed by atoms with Gasteiger partial charge in [-0.3, -0.25) is 0 Å². The average molecular weight is 503 g/mol. The Morgan fingerprint density at radius 1 is 0.529 bits per heavy atom. The van der Waals surface area contributed by atoms with E-state index in [0.29, 0.717) is 0 Å². The molecule has 0 saturated heterocycles. The average Bonchev–Trinajstić information content (AvgIpc) is 2.73. The molecular formula is C28H46O4Si2. The van der Waals surface area contributed by atoms with Crippen molar-refractivity contribution in [1.82, 2.24) is 0 Å². The van der Waals surface area contributed by atoms with Crippen LogP contribution in [-0.2, 0) is 0 Å². The molecule has 0 aliphatic rings. The first kappa shape index (κ1) is 28.3. The molecule has 0 bridgehead atoms. The second-order valence-corrected chi connectivity index (χ2v) is 14.0. The molecule has 2 rings (SSSR count). The highest BCUT2D eigenvalue weighted by Crippen LogP contribution is 2.28. The van der Waals surface area contributed by atoms with Gasteiger partial charge in [-0.15, -0.1) is 0 Å². The van der Waals surface area contributed by atoms with Gasteiger partial charge in [-0.2, -0.15) is 0 Å². The highest BCUT2D eigenvalue weighted by Gasteiger charge is 2.15. The Bertz CT molecular complexity index is 794. The summed E-state index contributed by atoms with van der Waals surface area (Å²) < 4.78 is 24.4. The van der Waals surface area contributed by atoms with Gasteiger partial charge in [0.1, 0.15) is 0 Å². The Labute approximate surface area is 212 Å². The highest BCUT2D eigenvalue weighted by molar-refractivity contribution is 6.55. The van der Waals surface area contributed by atoms with E-state index >= 15 is 0 Å². The van der Waals surface area contributed by atoms with E-state index < -0.39 is 19.0 Å². The van der Waals surface area contributed by atoms with E-state index in [0.717, 1.165) is 23.0 Å². The summed E-state index contributed by atoms with van der Waals surface area (Å²) in [5.74, 6) is 3.74. The first-order valence-corrected chi connectivity index (χ1v) is 16.5. The van der Waals surface area contributed by atoms with Gasteiger partial charge in [0.25, 0.3) is 0 Å². The van der Waals surface area contributed by atoms with Crippen molar-refractivity contribution in [1.29, 1.82) is 0 Å². The van der Waals surface area contributed by atoms with Crippen LogP contribution < -0.4 is 29.3 Å². The summed E-state index contributed by atoms with van der Waals surface area (Å²) in [7, 11) is -0.812. The topological polar surface area (TPSA) is 36.9 Å². The van der Waals surface area contributed by atoms with Crippen LogP contribution in [-0.4, -0.2) is 43.5 Å². The van der Waals surface area contributed by atoms with Gasteiger partial charge in [0.15, 0.2) is 23.0 Å². The minimum absolute atomic E-state index is 0.144. The largest absolute Gasteiger partial charge is 0.487 e. The third-order valence-electron chi connectivity index (χ3n) is 5.20. The molecule has 2 aromatic carbocycles. The van der Waals surface area contributed by atoms with Gasteiger partial charge in [0, 0.05) is 0 Å². The lowest BCUT2D eigenvalue weighted by atomic mass is 10.3. The molecule has 0 radical (unpaired) electrons. The van der Waals surface area contributed by atoms with E-state index in [4.69, 9.17) is 18.9 Å². The molecule has 190 valence electrons. The molecule has 0 N–H and O–H groups in total. The van der Waals surface area contributed by atoms with Crippen LogP contribution in [0.3, 0.4) is 0 Å². The molecule has 0 aromatic heterocycles. The van der Waals surface area contributed by atoms with Gasteiger partial charge in [0.2, 0.25) is 0 Å². The fourth-order valence-corrected chi connectivity index (χ4v) is 7.48. The summed E-state index contributed by atoms with van der Waals surface area (Å²) in [5, 5.41) is 2.77. The van der Waals surface area contributed by atoms with Crippen molar-refractivity contribution in [2.24, 2.45) is 0 Å². The first-order chi connectivity index (χ1) is 16.2. The van der Waals surface area contributed by atoms with Gasteiger partial charge in [-0.05, 0) is 77.9 Å². The SMILES string of the molecule is CC(C)Oc1cccc([SiH2]CCCC[SiH2]c2cccc(OC(C)C)c2OC(C)C)c1OC(C)C. The number of rotatable bonds is 15. The van der Waals surface area contributed by atoms with Crippen LogP contribution in [0.2, 0.25) is 12.1 Å². The highest BCUT2D eigenvalue weighted by atomic mass is 28.2. The summed E-state index contributed by atoms with van der Waals surface area (Å²) >= 11 is 0. The van der Waals surface area contributed by atoms with Crippen LogP contribution in [0.4, 0.5) is 0 Å². The molecule has 2 aromatic rings. The fraction of sp³-hybridized carbons (Fsp3) is 0.571. The second kappa shape index (κ2) is 14.5. The molecule has 0 spiro atoms. The van der Waals surface area contributed by atoms with Crippen LogP contribution in [0.1, 0.15) is 68.2 Å². The Kier molecular flexibility index (Phi) is 12.0. The lowest BCUT2D eigenvalue weighted by Crippen LogP contribution is -2.23. The van der Waals surface area contributed by atoms with Crippen LogP contribution >= 0.6 is 0 Å². The third kappa shape index (κ3) is 9.75. The molecule has 6 heteroatoms. The Hall–Kier alpha value is -1.93. The minimum Gasteiger partial charge on any atom is -0.487 e. The lowest BCUT2D eigenvalue weighted by Gasteiger charge is -2.20. The molecule has 0 heterocycles. The Balaban J connectivity index is 1.93. The van der Waals surface area contributed by atoms with E-state index in [2.05, 4.69) is 79.7 Å². The molecule has 4 nitrogen and oxygen atoms in total. The Morgan fingerprint density at radius 2 is 0.882 bits per heavy atom. The summed E-state index contributed by atoms with van der Waals surface area (Å²) in [4.78, 5) is 0. The van der Waals surface area contributed by atoms with Crippen molar-refractivity contribution in [3.63, 3.8) is 0 Å². The van der Waals surface area contributed by atoms with Crippen molar-refractivity contribution in [3.05, 3.63) is 36.4 Å². The molecule has 0 aliphatic carbocycles. The number of hydrogen-bond acceptors (Lipinski definition) is 4. The van der Waals surface area contributed by atoms with Gasteiger partial charge < -0.3 is 18.9 Å². The van der Waals surface area contributed by atoms with Gasteiger partial charge >= 0.3 is 0 Å². The van der Waals surface area contributed by atoms with Gasteiger partial charge in [-0.25, -0.2) is 0 Å².